The van der Waals surface area contributed by atoms with Crippen LogP contribution in [-0.4, -0.2) is 22.9 Å². The van der Waals surface area contributed by atoms with Gasteiger partial charge in [0.1, 0.15) is 11.7 Å². The summed E-state index contributed by atoms with van der Waals surface area (Å²) in [5, 5.41) is 3.54. The van der Waals surface area contributed by atoms with Gasteiger partial charge in [0, 0.05) is 16.3 Å². The average Bonchev–Trinajstić information content (AvgIpc) is 2.90. The average molecular weight is 250 g/mol. The lowest BCUT2D eigenvalue weighted by molar-refractivity contribution is -0.130. The largest absolute Gasteiger partial charge is 0.320 e. The van der Waals surface area contributed by atoms with E-state index in [9.17, 15) is 4.79 Å². The number of amides is 1. The van der Waals surface area contributed by atoms with Crippen LogP contribution in [0.25, 0.3) is 0 Å². The third-order valence-electron chi connectivity index (χ3n) is 3.64. The van der Waals surface area contributed by atoms with Crippen LogP contribution in [0.5, 0.6) is 0 Å². The van der Waals surface area contributed by atoms with Crippen molar-refractivity contribution >= 4 is 17.2 Å². The highest BCUT2D eigenvalue weighted by Crippen LogP contribution is 2.46. The molecule has 1 aromatic rings. The summed E-state index contributed by atoms with van der Waals surface area (Å²) < 4.78 is 0. The van der Waals surface area contributed by atoms with E-state index < -0.39 is 0 Å². The molecule has 2 heterocycles. The maximum Gasteiger partial charge on any atom is 0.244 e. The second-order valence-electron chi connectivity index (χ2n) is 5.08. The second kappa shape index (κ2) is 3.82. The van der Waals surface area contributed by atoms with Gasteiger partial charge in [0.05, 0.1) is 0 Å². The van der Waals surface area contributed by atoms with E-state index in [-0.39, 0.29) is 11.7 Å². The molecule has 1 aliphatic carbocycles. The van der Waals surface area contributed by atoms with Crippen molar-refractivity contribution < 1.29 is 4.79 Å². The van der Waals surface area contributed by atoms with Gasteiger partial charge in [-0.2, -0.15) is 0 Å². The Labute approximate surface area is 106 Å². The van der Waals surface area contributed by atoms with Crippen molar-refractivity contribution in [3.8, 4) is 0 Å². The fourth-order valence-electron chi connectivity index (χ4n) is 2.57. The van der Waals surface area contributed by atoms with Crippen molar-refractivity contribution in [2.45, 2.75) is 44.8 Å². The maximum atomic E-state index is 12.3. The van der Waals surface area contributed by atoms with Gasteiger partial charge in [-0.05, 0) is 38.3 Å². The van der Waals surface area contributed by atoms with Crippen LogP contribution in [0, 0.1) is 6.92 Å². The number of rotatable bonds is 3. The van der Waals surface area contributed by atoms with Crippen molar-refractivity contribution in [1.82, 2.24) is 10.2 Å². The molecule has 2 aliphatic rings. The van der Waals surface area contributed by atoms with E-state index in [0.29, 0.717) is 5.91 Å². The number of carbonyl (C=O) groups excluding carboxylic acids is 1. The van der Waals surface area contributed by atoms with E-state index in [1.54, 1.807) is 11.3 Å². The quantitative estimate of drug-likeness (QED) is 0.893. The molecular formula is C13H18N2OS. The summed E-state index contributed by atoms with van der Waals surface area (Å²) in [6.45, 7) is 5.10. The molecular weight excluding hydrogens is 232 g/mol. The summed E-state index contributed by atoms with van der Waals surface area (Å²) in [6.07, 6.45) is 3.15. The van der Waals surface area contributed by atoms with Gasteiger partial charge >= 0.3 is 0 Å². The lowest BCUT2D eigenvalue weighted by Gasteiger charge is -2.22. The first kappa shape index (κ1) is 11.2. The molecule has 0 radical (unpaired) electrons. The van der Waals surface area contributed by atoms with Crippen LogP contribution in [0.4, 0.5) is 0 Å². The molecule has 2 fully saturated rings. The normalized spacial score (nSPS) is 25.9. The zero-order chi connectivity index (χ0) is 12.0. The summed E-state index contributed by atoms with van der Waals surface area (Å²) >= 11 is 1.79. The first-order valence-electron chi connectivity index (χ1n) is 6.31. The van der Waals surface area contributed by atoms with E-state index in [1.807, 2.05) is 4.90 Å². The summed E-state index contributed by atoms with van der Waals surface area (Å²) in [7, 11) is 0. The summed E-state index contributed by atoms with van der Waals surface area (Å²) in [6, 6.07) is 4.28. The van der Waals surface area contributed by atoms with Crippen LogP contribution >= 0.6 is 11.3 Å². The standard InChI is InChI=1S/C13H18N2OS/c1-3-8-15-11(10-5-4-9(2)17-10)14-13(6-7-13)12(15)16/h4-5,11,14H,3,6-8H2,1-2H3. The number of hydrogen-bond donors (Lipinski definition) is 1. The van der Waals surface area contributed by atoms with Crippen molar-refractivity contribution in [3.05, 3.63) is 21.9 Å². The Morgan fingerprint density at radius 3 is 2.82 bits per heavy atom. The Hall–Kier alpha value is -0.870. The van der Waals surface area contributed by atoms with Crippen LogP contribution < -0.4 is 5.32 Å². The number of nitrogens with one attached hydrogen (secondary N) is 1. The summed E-state index contributed by atoms with van der Waals surface area (Å²) in [5.74, 6) is 0.315. The van der Waals surface area contributed by atoms with E-state index in [0.717, 1.165) is 25.8 Å². The molecule has 1 amide bonds. The molecule has 1 aromatic heterocycles. The highest BCUT2D eigenvalue weighted by Gasteiger charge is 2.59. The van der Waals surface area contributed by atoms with Gasteiger partial charge in [-0.15, -0.1) is 11.3 Å². The Balaban J connectivity index is 1.90. The molecule has 0 bridgehead atoms. The number of thiophene rings is 1. The van der Waals surface area contributed by atoms with Gasteiger partial charge in [-0.1, -0.05) is 6.92 Å². The molecule has 1 aliphatic heterocycles. The number of hydrogen-bond acceptors (Lipinski definition) is 3. The van der Waals surface area contributed by atoms with E-state index in [2.05, 4.69) is 31.3 Å². The van der Waals surface area contributed by atoms with Crippen LogP contribution in [-0.2, 0) is 4.79 Å². The van der Waals surface area contributed by atoms with Gasteiger partial charge in [-0.3, -0.25) is 10.1 Å². The fourth-order valence-corrected chi connectivity index (χ4v) is 3.52. The lowest BCUT2D eigenvalue weighted by Crippen LogP contribution is -2.32. The van der Waals surface area contributed by atoms with Gasteiger partial charge in [0.2, 0.25) is 5.91 Å². The molecule has 1 spiro atoms. The summed E-state index contributed by atoms with van der Waals surface area (Å²) in [4.78, 5) is 16.9. The molecule has 1 unspecified atom stereocenters. The number of aryl methyl sites for hydroxylation is 1. The molecule has 4 heteroatoms. The highest BCUT2D eigenvalue weighted by atomic mass is 32.1. The van der Waals surface area contributed by atoms with Crippen molar-refractivity contribution in [3.63, 3.8) is 0 Å². The van der Waals surface area contributed by atoms with Crippen LogP contribution in [0.15, 0.2) is 12.1 Å². The van der Waals surface area contributed by atoms with Crippen molar-refractivity contribution in [1.29, 1.82) is 0 Å². The minimum atomic E-state index is -0.197. The molecule has 1 N–H and O–H groups in total. The van der Waals surface area contributed by atoms with Gasteiger partial charge in [0.25, 0.3) is 0 Å². The summed E-state index contributed by atoms with van der Waals surface area (Å²) in [5.41, 5.74) is -0.197. The first-order chi connectivity index (χ1) is 8.16. The molecule has 17 heavy (non-hydrogen) atoms. The minimum absolute atomic E-state index is 0.114. The second-order valence-corrected chi connectivity index (χ2v) is 6.40. The predicted molar refractivity (Wildman–Crippen MR) is 68.9 cm³/mol. The monoisotopic (exact) mass is 250 g/mol. The van der Waals surface area contributed by atoms with Gasteiger partial charge in [0.15, 0.2) is 0 Å². The Morgan fingerprint density at radius 2 is 2.29 bits per heavy atom. The molecule has 92 valence electrons. The third kappa shape index (κ3) is 1.70. The smallest absolute Gasteiger partial charge is 0.244 e. The topological polar surface area (TPSA) is 32.3 Å². The molecule has 1 saturated carbocycles. The van der Waals surface area contributed by atoms with E-state index in [1.165, 1.54) is 9.75 Å². The van der Waals surface area contributed by atoms with Crippen molar-refractivity contribution in [2.24, 2.45) is 0 Å². The van der Waals surface area contributed by atoms with Crippen LogP contribution in [0.3, 0.4) is 0 Å². The molecule has 1 atom stereocenters. The van der Waals surface area contributed by atoms with Crippen LogP contribution in [0.2, 0.25) is 0 Å². The Kier molecular flexibility index (Phi) is 2.52. The molecule has 3 rings (SSSR count). The molecule has 0 aromatic carbocycles. The lowest BCUT2D eigenvalue weighted by atomic mass is 10.3. The SMILES string of the molecule is CCCN1C(=O)C2(CC2)NC1c1ccc(C)s1. The number of nitrogens with zero attached hydrogens (tertiary/aromatic N) is 1. The predicted octanol–water partition coefficient (Wildman–Crippen LogP) is 2.43. The van der Waals surface area contributed by atoms with Gasteiger partial charge in [-0.25, -0.2) is 0 Å². The third-order valence-corrected chi connectivity index (χ3v) is 4.69. The van der Waals surface area contributed by atoms with Crippen molar-refractivity contribution in [2.75, 3.05) is 6.54 Å². The maximum absolute atomic E-state index is 12.3. The van der Waals surface area contributed by atoms with Gasteiger partial charge < -0.3 is 4.90 Å². The first-order valence-corrected chi connectivity index (χ1v) is 7.13. The number of carbonyl (C=O) groups is 1. The minimum Gasteiger partial charge on any atom is -0.320 e. The van der Waals surface area contributed by atoms with E-state index >= 15 is 0 Å². The Morgan fingerprint density at radius 1 is 1.53 bits per heavy atom. The molecule has 3 nitrogen and oxygen atoms in total. The highest BCUT2D eigenvalue weighted by molar-refractivity contribution is 7.12. The fraction of sp³-hybridized carbons (Fsp3) is 0.615. The zero-order valence-corrected chi connectivity index (χ0v) is 11.1. The van der Waals surface area contributed by atoms with E-state index in [4.69, 9.17) is 0 Å². The zero-order valence-electron chi connectivity index (χ0n) is 10.3. The van der Waals surface area contributed by atoms with Crippen LogP contribution in [0.1, 0.15) is 42.1 Å². The molecule has 1 saturated heterocycles. The Bertz CT molecular complexity index is 450.